The first-order valence-corrected chi connectivity index (χ1v) is 8.14. The summed E-state index contributed by atoms with van der Waals surface area (Å²) in [6, 6.07) is 10.4. The number of carbonyl (C=O) groups is 1. The molecular weight excluding hydrogens is 328 g/mol. The van der Waals surface area contributed by atoms with Crippen molar-refractivity contribution in [2.45, 2.75) is 32.7 Å². The van der Waals surface area contributed by atoms with Crippen molar-refractivity contribution in [2.75, 3.05) is 11.4 Å². The number of hydrogen-bond donors (Lipinski definition) is 0. The highest BCUT2D eigenvalue weighted by Gasteiger charge is 2.26. The molecule has 1 aliphatic heterocycles. The van der Waals surface area contributed by atoms with E-state index in [0.717, 1.165) is 35.2 Å². The van der Waals surface area contributed by atoms with Gasteiger partial charge in [-0.05, 0) is 60.3 Å². The third-order valence-corrected chi connectivity index (χ3v) is 4.38. The van der Waals surface area contributed by atoms with Crippen LogP contribution < -0.4 is 4.90 Å². The summed E-state index contributed by atoms with van der Waals surface area (Å²) in [5.74, 6) is 0.0848. The van der Waals surface area contributed by atoms with Gasteiger partial charge in [0.05, 0.1) is 0 Å². The Hall–Kier alpha value is -1.55. The quantitative estimate of drug-likeness (QED) is 0.789. The van der Waals surface area contributed by atoms with Crippen LogP contribution >= 0.6 is 15.9 Å². The molecule has 21 heavy (non-hydrogen) atoms. The van der Waals surface area contributed by atoms with E-state index in [0.29, 0.717) is 0 Å². The lowest BCUT2D eigenvalue weighted by Gasteiger charge is -2.30. The summed E-state index contributed by atoms with van der Waals surface area (Å²) in [6.45, 7) is 4.97. The molecular formula is C17H19BrN2O. The van der Waals surface area contributed by atoms with Crippen LogP contribution in [-0.4, -0.2) is 17.0 Å². The maximum atomic E-state index is 13.0. The van der Waals surface area contributed by atoms with Gasteiger partial charge in [0.25, 0.3) is 5.91 Å². The van der Waals surface area contributed by atoms with E-state index >= 15 is 0 Å². The molecule has 1 aliphatic rings. The van der Waals surface area contributed by atoms with Gasteiger partial charge in [0.15, 0.2) is 0 Å². The molecule has 4 heteroatoms. The number of aromatic nitrogens is 1. The average Bonchev–Trinajstić information content (AvgIpc) is 2.88. The van der Waals surface area contributed by atoms with Crippen LogP contribution in [0.2, 0.25) is 0 Å². The van der Waals surface area contributed by atoms with Gasteiger partial charge in [-0.1, -0.05) is 18.2 Å². The van der Waals surface area contributed by atoms with Crippen LogP contribution in [0.5, 0.6) is 0 Å². The zero-order valence-corrected chi connectivity index (χ0v) is 13.9. The SMILES string of the molecule is CC(C)n1cc(Br)cc1C(=O)N1CCCc2ccccc21. The summed E-state index contributed by atoms with van der Waals surface area (Å²) < 4.78 is 2.98. The molecule has 110 valence electrons. The molecule has 0 unspecified atom stereocenters. The topological polar surface area (TPSA) is 25.2 Å². The Kier molecular flexibility index (Phi) is 3.89. The molecule has 0 spiro atoms. The second-order valence-corrected chi connectivity index (χ2v) is 6.65. The summed E-state index contributed by atoms with van der Waals surface area (Å²) in [5.41, 5.74) is 3.06. The van der Waals surface area contributed by atoms with Crippen molar-refractivity contribution in [2.24, 2.45) is 0 Å². The number of nitrogens with zero attached hydrogens (tertiary/aromatic N) is 2. The predicted octanol–water partition coefficient (Wildman–Crippen LogP) is 4.42. The molecule has 0 atom stereocenters. The third-order valence-electron chi connectivity index (χ3n) is 3.95. The minimum atomic E-state index is 0.0848. The Morgan fingerprint density at radius 1 is 1.29 bits per heavy atom. The largest absolute Gasteiger partial charge is 0.340 e. The highest BCUT2D eigenvalue weighted by molar-refractivity contribution is 9.10. The highest BCUT2D eigenvalue weighted by Crippen LogP contribution is 2.29. The maximum Gasteiger partial charge on any atom is 0.274 e. The van der Waals surface area contributed by atoms with E-state index in [-0.39, 0.29) is 11.9 Å². The van der Waals surface area contributed by atoms with Gasteiger partial charge in [0.1, 0.15) is 5.69 Å². The van der Waals surface area contributed by atoms with Gasteiger partial charge in [0, 0.05) is 28.9 Å². The molecule has 1 aromatic heterocycles. The molecule has 2 heterocycles. The van der Waals surface area contributed by atoms with E-state index < -0.39 is 0 Å². The normalized spacial score (nSPS) is 14.4. The van der Waals surface area contributed by atoms with Gasteiger partial charge < -0.3 is 9.47 Å². The molecule has 3 nitrogen and oxygen atoms in total. The van der Waals surface area contributed by atoms with Crippen LogP contribution in [0.3, 0.4) is 0 Å². The van der Waals surface area contributed by atoms with Crippen LogP contribution in [0, 0.1) is 0 Å². The van der Waals surface area contributed by atoms with Crippen molar-refractivity contribution >= 4 is 27.5 Å². The summed E-state index contributed by atoms with van der Waals surface area (Å²) in [6.07, 6.45) is 4.05. The van der Waals surface area contributed by atoms with Crippen molar-refractivity contribution in [3.05, 3.63) is 52.3 Å². The molecule has 3 rings (SSSR count). The molecule has 0 radical (unpaired) electrons. The van der Waals surface area contributed by atoms with Crippen molar-refractivity contribution in [3.8, 4) is 0 Å². The van der Waals surface area contributed by atoms with E-state index in [1.165, 1.54) is 5.56 Å². The van der Waals surface area contributed by atoms with E-state index in [9.17, 15) is 4.79 Å². The summed E-state index contributed by atoms with van der Waals surface area (Å²) in [5, 5.41) is 0. The van der Waals surface area contributed by atoms with Crippen molar-refractivity contribution in [3.63, 3.8) is 0 Å². The van der Waals surface area contributed by atoms with Gasteiger partial charge in [-0.25, -0.2) is 0 Å². The van der Waals surface area contributed by atoms with E-state index in [4.69, 9.17) is 0 Å². The number of halogens is 1. The first-order chi connectivity index (χ1) is 10.1. The summed E-state index contributed by atoms with van der Waals surface area (Å²) >= 11 is 3.48. The Morgan fingerprint density at radius 2 is 2.05 bits per heavy atom. The smallest absolute Gasteiger partial charge is 0.274 e. The molecule has 0 N–H and O–H groups in total. The summed E-state index contributed by atoms with van der Waals surface area (Å²) in [4.78, 5) is 14.9. The number of rotatable bonds is 2. The van der Waals surface area contributed by atoms with E-state index in [1.54, 1.807) is 0 Å². The maximum absolute atomic E-state index is 13.0. The zero-order chi connectivity index (χ0) is 15.0. The third kappa shape index (κ3) is 2.64. The van der Waals surface area contributed by atoms with Crippen molar-refractivity contribution in [1.29, 1.82) is 0 Å². The second kappa shape index (κ2) is 5.68. The van der Waals surface area contributed by atoms with Gasteiger partial charge in [0.2, 0.25) is 0 Å². The van der Waals surface area contributed by atoms with Gasteiger partial charge in [-0.2, -0.15) is 0 Å². The molecule has 0 saturated carbocycles. The minimum absolute atomic E-state index is 0.0848. The lowest BCUT2D eigenvalue weighted by Crippen LogP contribution is -2.36. The molecule has 0 saturated heterocycles. The fraction of sp³-hybridized carbons (Fsp3) is 0.353. The molecule has 0 fully saturated rings. The standard InChI is InChI=1S/C17H19BrN2O/c1-12(2)20-11-14(18)10-16(20)17(21)19-9-5-7-13-6-3-4-8-15(13)19/h3-4,6,8,10-12H,5,7,9H2,1-2H3. The number of aryl methyl sites for hydroxylation is 1. The molecule has 0 aliphatic carbocycles. The second-order valence-electron chi connectivity index (χ2n) is 5.73. The van der Waals surface area contributed by atoms with Crippen LogP contribution in [-0.2, 0) is 6.42 Å². The minimum Gasteiger partial charge on any atom is -0.340 e. The fourth-order valence-electron chi connectivity index (χ4n) is 2.93. The Bertz CT molecular complexity index is 675. The molecule has 1 amide bonds. The molecule has 1 aromatic carbocycles. The van der Waals surface area contributed by atoms with Crippen LogP contribution in [0.4, 0.5) is 5.69 Å². The monoisotopic (exact) mass is 346 g/mol. The first kappa shape index (κ1) is 14.4. The lowest BCUT2D eigenvalue weighted by atomic mass is 10.0. The van der Waals surface area contributed by atoms with E-state index in [1.807, 2.05) is 39.9 Å². The number of para-hydroxylation sites is 1. The van der Waals surface area contributed by atoms with Gasteiger partial charge in [-0.3, -0.25) is 4.79 Å². The van der Waals surface area contributed by atoms with Gasteiger partial charge >= 0.3 is 0 Å². The Labute approximate surface area is 133 Å². The number of benzene rings is 1. The number of anilines is 1. The van der Waals surface area contributed by atoms with Crippen LogP contribution in [0.15, 0.2) is 41.0 Å². The average molecular weight is 347 g/mol. The Morgan fingerprint density at radius 3 is 2.81 bits per heavy atom. The van der Waals surface area contributed by atoms with Crippen molar-refractivity contribution in [1.82, 2.24) is 4.57 Å². The zero-order valence-electron chi connectivity index (χ0n) is 12.3. The number of fused-ring (bicyclic) bond motifs is 1. The molecule has 2 aromatic rings. The summed E-state index contributed by atoms with van der Waals surface area (Å²) in [7, 11) is 0. The van der Waals surface area contributed by atoms with Crippen molar-refractivity contribution < 1.29 is 4.79 Å². The van der Waals surface area contributed by atoms with Gasteiger partial charge in [-0.15, -0.1) is 0 Å². The van der Waals surface area contributed by atoms with Crippen LogP contribution in [0.25, 0.3) is 0 Å². The Balaban J connectivity index is 2.01. The van der Waals surface area contributed by atoms with E-state index in [2.05, 4.69) is 35.8 Å². The number of amides is 1. The highest BCUT2D eigenvalue weighted by atomic mass is 79.9. The lowest BCUT2D eigenvalue weighted by molar-refractivity contribution is 0.0974. The fourth-order valence-corrected chi connectivity index (χ4v) is 3.36. The number of hydrogen-bond acceptors (Lipinski definition) is 1. The first-order valence-electron chi connectivity index (χ1n) is 7.35. The van der Waals surface area contributed by atoms with Crippen LogP contribution in [0.1, 0.15) is 42.4 Å². The number of carbonyl (C=O) groups excluding carboxylic acids is 1. The molecule has 0 bridgehead atoms. The predicted molar refractivity (Wildman–Crippen MR) is 89.0 cm³/mol.